The maximum Gasteiger partial charge on any atom is 0.416 e. The molecule has 1 amide bonds. The summed E-state index contributed by atoms with van der Waals surface area (Å²) in [5, 5.41) is 0. The number of aryl methyl sites for hydroxylation is 1. The zero-order valence-electron chi connectivity index (χ0n) is 17.8. The molecule has 0 bridgehead atoms. The van der Waals surface area contributed by atoms with Crippen molar-refractivity contribution in [2.75, 3.05) is 13.1 Å². The van der Waals surface area contributed by atoms with E-state index in [9.17, 15) is 18.0 Å². The normalized spacial score (nSPS) is 15.4. The molecule has 1 aliphatic rings. The van der Waals surface area contributed by atoms with Gasteiger partial charge < -0.3 is 4.90 Å². The molecule has 3 aromatic rings. The lowest BCUT2D eigenvalue weighted by Crippen LogP contribution is -2.28. The summed E-state index contributed by atoms with van der Waals surface area (Å²) < 4.78 is 39.3. The molecule has 1 aliphatic heterocycles. The second-order valence-corrected chi connectivity index (χ2v) is 7.77. The summed E-state index contributed by atoms with van der Waals surface area (Å²) in [5.74, 6) is 0.211. The number of benzene rings is 2. The second kappa shape index (κ2) is 10.2. The first-order valence-electron chi connectivity index (χ1n) is 10.2. The SMILES string of the molecule is Cc1cc(-c2ccc(C(=O)N3CCC(c4cccnc4)C3)cc2)cc(C(F)(F)F)c1.O=C=O. The number of rotatable bonds is 3. The molecule has 1 fully saturated rings. The zero-order valence-corrected chi connectivity index (χ0v) is 17.8. The third-order valence-electron chi connectivity index (χ3n) is 5.50. The molecule has 2 heterocycles. The molecule has 0 spiro atoms. The number of halogens is 3. The maximum absolute atomic E-state index is 13.1. The van der Waals surface area contributed by atoms with Gasteiger partial charge >= 0.3 is 12.3 Å². The van der Waals surface area contributed by atoms with Crippen LogP contribution < -0.4 is 0 Å². The Bertz CT molecular complexity index is 1140. The lowest BCUT2D eigenvalue weighted by Gasteiger charge is -2.17. The Hall–Kier alpha value is -3.77. The highest BCUT2D eigenvalue weighted by molar-refractivity contribution is 5.95. The fraction of sp³-hybridized carbons (Fsp3) is 0.240. The number of carbonyl (C=O) groups is 1. The minimum Gasteiger partial charge on any atom is -0.338 e. The van der Waals surface area contributed by atoms with Gasteiger partial charge in [-0.1, -0.05) is 24.3 Å². The third-order valence-corrected chi connectivity index (χ3v) is 5.50. The summed E-state index contributed by atoms with van der Waals surface area (Å²) >= 11 is 0. The van der Waals surface area contributed by atoms with Gasteiger partial charge in [0.1, 0.15) is 0 Å². The average Bonchev–Trinajstić information content (AvgIpc) is 3.29. The van der Waals surface area contributed by atoms with Crippen LogP contribution in [0.5, 0.6) is 0 Å². The monoisotopic (exact) mass is 454 g/mol. The molecule has 4 rings (SSSR count). The zero-order chi connectivity index (χ0) is 24.0. The molecule has 0 aliphatic carbocycles. The van der Waals surface area contributed by atoms with Crippen molar-refractivity contribution in [1.82, 2.24) is 9.88 Å². The van der Waals surface area contributed by atoms with Crippen LogP contribution in [0.3, 0.4) is 0 Å². The number of aromatic nitrogens is 1. The standard InChI is InChI=1S/C24H21F3N2O.CO2/c1-16-11-21(13-22(12-16)24(25,26)27)17-4-6-18(7-5-17)23(30)29-10-8-20(15-29)19-3-2-9-28-14-19;2-1-3/h2-7,9,11-14,20H,8,10,15H2,1H3;. The first-order chi connectivity index (χ1) is 15.7. The minimum atomic E-state index is -4.39. The van der Waals surface area contributed by atoms with Gasteiger partial charge in [0.2, 0.25) is 0 Å². The smallest absolute Gasteiger partial charge is 0.338 e. The molecule has 1 aromatic heterocycles. The number of pyridine rings is 1. The number of carbonyl (C=O) groups excluding carboxylic acids is 3. The molecule has 170 valence electrons. The van der Waals surface area contributed by atoms with Gasteiger partial charge in [0, 0.05) is 37.0 Å². The first-order valence-corrected chi connectivity index (χ1v) is 10.2. The van der Waals surface area contributed by atoms with E-state index >= 15 is 0 Å². The van der Waals surface area contributed by atoms with Crippen LogP contribution in [0.4, 0.5) is 13.2 Å². The van der Waals surface area contributed by atoms with Crippen LogP contribution in [-0.4, -0.2) is 35.0 Å². The number of hydrogen-bond acceptors (Lipinski definition) is 4. The molecule has 33 heavy (non-hydrogen) atoms. The Morgan fingerprint density at radius 2 is 1.76 bits per heavy atom. The predicted octanol–water partition coefficient (Wildman–Crippen LogP) is 5.12. The molecule has 0 radical (unpaired) electrons. The van der Waals surface area contributed by atoms with Crippen LogP contribution in [0, 0.1) is 6.92 Å². The molecule has 0 saturated carbocycles. The lowest BCUT2D eigenvalue weighted by molar-refractivity contribution is -0.191. The van der Waals surface area contributed by atoms with E-state index in [1.165, 1.54) is 0 Å². The number of amides is 1. The van der Waals surface area contributed by atoms with Gasteiger partial charge in [0.15, 0.2) is 0 Å². The Kier molecular flexibility index (Phi) is 7.41. The van der Waals surface area contributed by atoms with Crippen LogP contribution in [0.2, 0.25) is 0 Å². The van der Waals surface area contributed by atoms with Gasteiger partial charge in [0.05, 0.1) is 5.56 Å². The minimum absolute atomic E-state index is 0.0619. The van der Waals surface area contributed by atoms with Crippen molar-refractivity contribution in [3.05, 3.63) is 89.2 Å². The first kappa shape index (κ1) is 23.9. The van der Waals surface area contributed by atoms with E-state index in [1.54, 1.807) is 43.5 Å². The van der Waals surface area contributed by atoms with Crippen LogP contribution in [0.1, 0.15) is 39.4 Å². The van der Waals surface area contributed by atoms with Crippen LogP contribution >= 0.6 is 0 Å². The highest BCUT2D eigenvalue weighted by atomic mass is 19.4. The highest BCUT2D eigenvalue weighted by Gasteiger charge is 2.31. The van der Waals surface area contributed by atoms with E-state index in [1.807, 2.05) is 23.2 Å². The van der Waals surface area contributed by atoms with E-state index in [0.717, 1.165) is 24.1 Å². The van der Waals surface area contributed by atoms with Crippen molar-refractivity contribution < 1.29 is 27.6 Å². The third kappa shape index (κ3) is 5.93. The summed E-state index contributed by atoms with van der Waals surface area (Å²) in [5.41, 5.74) is 2.67. The van der Waals surface area contributed by atoms with E-state index in [0.29, 0.717) is 35.3 Å². The van der Waals surface area contributed by atoms with Crippen molar-refractivity contribution >= 4 is 12.1 Å². The van der Waals surface area contributed by atoms with Gasteiger partial charge in [-0.25, -0.2) is 0 Å². The molecule has 1 unspecified atom stereocenters. The maximum atomic E-state index is 13.1. The van der Waals surface area contributed by atoms with Gasteiger partial charge in [-0.2, -0.15) is 22.8 Å². The summed E-state index contributed by atoms with van der Waals surface area (Å²) in [7, 11) is 0. The highest BCUT2D eigenvalue weighted by Crippen LogP contribution is 2.34. The quantitative estimate of drug-likeness (QED) is 0.551. The Morgan fingerprint density at radius 1 is 1.06 bits per heavy atom. The van der Waals surface area contributed by atoms with Crippen molar-refractivity contribution in [2.45, 2.75) is 25.4 Å². The molecule has 0 N–H and O–H groups in total. The Labute approximate surface area is 188 Å². The summed E-state index contributed by atoms with van der Waals surface area (Å²) in [6.45, 7) is 2.95. The van der Waals surface area contributed by atoms with Crippen molar-refractivity contribution in [3.63, 3.8) is 0 Å². The van der Waals surface area contributed by atoms with Gasteiger partial charge in [0.25, 0.3) is 5.91 Å². The molecule has 2 aromatic carbocycles. The fourth-order valence-corrected chi connectivity index (χ4v) is 3.94. The summed E-state index contributed by atoms with van der Waals surface area (Å²) in [4.78, 5) is 35.1. The van der Waals surface area contributed by atoms with Gasteiger partial charge in [-0.15, -0.1) is 0 Å². The van der Waals surface area contributed by atoms with E-state index < -0.39 is 11.7 Å². The Balaban J connectivity index is 0.000000968. The largest absolute Gasteiger partial charge is 0.416 e. The van der Waals surface area contributed by atoms with E-state index in [4.69, 9.17) is 9.59 Å². The molecule has 5 nitrogen and oxygen atoms in total. The number of likely N-dealkylation sites (tertiary alicyclic amines) is 1. The predicted molar refractivity (Wildman–Crippen MR) is 114 cm³/mol. The van der Waals surface area contributed by atoms with E-state index in [-0.39, 0.29) is 18.0 Å². The summed E-state index contributed by atoms with van der Waals surface area (Å²) in [6, 6.07) is 14.7. The van der Waals surface area contributed by atoms with Crippen molar-refractivity contribution in [1.29, 1.82) is 0 Å². The topological polar surface area (TPSA) is 67.3 Å². The molecular weight excluding hydrogens is 433 g/mol. The number of nitrogens with zero attached hydrogens (tertiary/aromatic N) is 2. The fourth-order valence-electron chi connectivity index (χ4n) is 3.94. The van der Waals surface area contributed by atoms with Gasteiger partial charge in [-0.05, 0) is 65.9 Å². The summed E-state index contributed by atoms with van der Waals surface area (Å²) in [6.07, 6.45) is 0.315. The lowest BCUT2D eigenvalue weighted by atomic mass is 9.99. The average molecular weight is 454 g/mol. The molecular formula is C25H21F3N2O3. The number of hydrogen-bond donors (Lipinski definition) is 0. The molecule has 1 atom stereocenters. The number of alkyl halides is 3. The van der Waals surface area contributed by atoms with Crippen LogP contribution in [0.25, 0.3) is 11.1 Å². The van der Waals surface area contributed by atoms with Gasteiger partial charge in [-0.3, -0.25) is 9.78 Å². The Morgan fingerprint density at radius 3 is 2.36 bits per heavy atom. The van der Waals surface area contributed by atoms with Crippen molar-refractivity contribution in [3.8, 4) is 11.1 Å². The van der Waals surface area contributed by atoms with Crippen LogP contribution in [0.15, 0.2) is 67.0 Å². The van der Waals surface area contributed by atoms with Crippen LogP contribution in [-0.2, 0) is 15.8 Å². The molecule has 1 saturated heterocycles. The van der Waals surface area contributed by atoms with E-state index in [2.05, 4.69) is 4.98 Å². The second-order valence-electron chi connectivity index (χ2n) is 7.77. The molecule has 8 heteroatoms. The van der Waals surface area contributed by atoms with Crippen molar-refractivity contribution in [2.24, 2.45) is 0 Å².